The maximum Gasteiger partial charge on any atom is 0.195 e. The lowest BCUT2D eigenvalue weighted by molar-refractivity contribution is 0.432. The Bertz CT molecular complexity index is 588. The average Bonchev–Trinajstić information content (AvgIpc) is 2.39. The van der Waals surface area contributed by atoms with Gasteiger partial charge in [0.15, 0.2) is 17.5 Å². The number of rotatable bonds is 3. The van der Waals surface area contributed by atoms with Gasteiger partial charge in [-0.3, -0.25) is 0 Å². The SMILES string of the molecule is CC(C)[Si](C#Cc1c(F)cc(F)c(F)c1F)(C(C)C)C(C)C. The molecule has 22 heavy (non-hydrogen) atoms. The fourth-order valence-electron chi connectivity index (χ4n) is 3.28. The maximum atomic E-state index is 13.8. The Kier molecular flexibility index (Phi) is 5.86. The maximum absolute atomic E-state index is 13.8. The summed E-state index contributed by atoms with van der Waals surface area (Å²) in [4.78, 5) is 0. The molecule has 5 heteroatoms. The second-order valence-corrected chi connectivity index (χ2v) is 12.1. The van der Waals surface area contributed by atoms with E-state index < -0.39 is 36.9 Å². The lowest BCUT2D eigenvalue weighted by Gasteiger charge is -2.38. The Hall–Kier alpha value is -1.28. The van der Waals surface area contributed by atoms with Crippen LogP contribution in [-0.2, 0) is 0 Å². The molecule has 0 atom stereocenters. The van der Waals surface area contributed by atoms with Gasteiger partial charge in [-0.1, -0.05) is 47.5 Å². The van der Waals surface area contributed by atoms with Crippen LogP contribution in [0.4, 0.5) is 17.6 Å². The van der Waals surface area contributed by atoms with Crippen LogP contribution in [0.3, 0.4) is 0 Å². The van der Waals surface area contributed by atoms with Crippen molar-refractivity contribution in [2.24, 2.45) is 0 Å². The highest BCUT2D eigenvalue weighted by Crippen LogP contribution is 2.40. The molecule has 0 nitrogen and oxygen atoms in total. The zero-order valence-corrected chi connectivity index (χ0v) is 14.8. The molecule has 0 saturated heterocycles. The second-order valence-electron chi connectivity index (χ2n) is 6.49. The van der Waals surface area contributed by atoms with Crippen molar-refractivity contribution >= 4 is 8.07 Å². The molecule has 0 heterocycles. The average molecular weight is 330 g/mol. The van der Waals surface area contributed by atoms with E-state index in [9.17, 15) is 17.6 Å². The fraction of sp³-hybridized carbons (Fsp3) is 0.529. The largest absolute Gasteiger partial charge is 0.205 e. The fourth-order valence-corrected chi connectivity index (χ4v) is 8.49. The van der Waals surface area contributed by atoms with Crippen LogP contribution in [0.2, 0.25) is 16.6 Å². The molecule has 0 amide bonds. The molecule has 122 valence electrons. The van der Waals surface area contributed by atoms with E-state index in [0.717, 1.165) is 0 Å². The minimum Gasteiger partial charge on any atom is -0.205 e. The highest BCUT2D eigenvalue weighted by Gasteiger charge is 2.41. The van der Waals surface area contributed by atoms with Gasteiger partial charge in [-0.2, -0.15) is 0 Å². The summed E-state index contributed by atoms with van der Waals surface area (Å²) in [5.41, 5.74) is 3.24. The Balaban J connectivity index is 3.52. The summed E-state index contributed by atoms with van der Waals surface area (Å²) < 4.78 is 53.8. The Morgan fingerprint density at radius 1 is 0.773 bits per heavy atom. The summed E-state index contributed by atoms with van der Waals surface area (Å²) in [6.45, 7) is 12.3. The standard InChI is InChI=1S/C17H22F4Si/c1-10(2)22(11(3)4,12(5)6)8-7-13-14(18)9-15(19)17(21)16(13)20/h9-12H,1-6H3. The van der Waals surface area contributed by atoms with Crippen LogP contribution in [0.25, 0.3) is 0 Å². The molecule has 0 aliphatic carbocycles. The van der Waals surface area contributed by atoms with E-state index in [1.807, 2.05) is 0 Å². The smallest absolute Gasteiger partial charge is 0.195 e. The first-order chi connectivity index (χ1) is 10.1. The van der Waals surface area contributed by atoms with Gasteiger partial charge in [-0.25, -0.2) is 17.6 Å². The van der Waals surface area contributed by atoms with Gasteiger partial charge in [0.05, 0.1) is 5.56 Å². The highest BCUT2D eigenvalue weighted by molar-refractivity contribution is 6.90. The second kappa shape index (κ2) is 6.87. The monoisotopic (exact) mass is 330 g/mol. The molecule has 0 unspecified atom stereocenters. The van der Waals surface area contributed by atoms with E-state index >= 15 is 0 Å². The van der Waals surface area contributed by atoms with E-state index in [1.165, 1.54) is 0 Å². The van der Waals surface area contributed by atoms with Crippen LogP contribution in [0.1, 0.15) is 47.1 Å². The van der Waals surface area contributed by atoms with Gasteiger partial charge in [-0.15, -0.1) is 5.54 Å². The Morgan fingerprint density at radius 2 is 1.23 bits per heavy atom. The first-order valence-corrected chi connectivity index (χ1v) is 9.65. The van der Waals surface area contributed by atoms with Crippen molar-refractivity contribution in [3.63, 3.8) is 0 Å². The zero-order valence-electron chi connectivity index (χ0n) is 13.8. The van der Waals surface area contributed by atoms with Gasteiger partial charge in [0.1, 0.15) is 13.9 Å². The van der Waals surface area contributed by atoms with Crippen LogP contribution in [-0.4, -0.2) is 8.07 Å². The number of hydrogen-bond donors (Lipinski definition) is 0. The molecule has 0 bridgehead atoms. The summed E-state index contributed by atoms with van der Waals surface area (Å²) in [6.07, 6.45) is 0. The Morgan fingerprint density at radius 3 is 1.64 bits per heavy atom. The molecule has 1 aromatic carbocycles. The normalized spacial score (nSPS) is 12.0. The third-order valence-electron chi connectivity index (χ3n) is 4.38. The minimum atomic E-state index is -2.20. The van der Waals surface area contributed by atoms with Gasteiger partial charge in [0, 0.05) is 6.07 Å². The summed E-state index contributed by atoms with van der Waals surface area (Å²) in [6, 6.07) is 0.339. The minimum absolute atomic E-state index is 0.274. The molecular formula is C17H22F4Si. The van der Waals surface area contributed by atoms with E-state index in [-0.39, 0.29) is 16.6 Å². The lowest BCUT2D eigenvalue weighted by atomic mass is 10.2. The quantitative estimate of drug-likeness (QED) is 0.216. The van der Waals surface area contributed by atoms with Gasteiger partial charge < -0.3 is 0 Å². The molecule has 0 saturated carbocycles. The molecule has 1 rings (SSSR count). The zero-order chi connectivity index (χ0) is 17.2. The number of halogens is 4. The molecule has 0 radical (unpaired) electrons. The summed E-state index contributed by atoms with van der Waals surface area (Å²) in [7, 11) is -2.20. The first kappa shape index (κ1) is 18.8. The first-order valence-electron chi connectivity index (χ1n) is 7.41. The van der Waals surface area contributed by atoms with Crippen molar-refractivity contribution in [2.75, 3.05) is 0 Å². The molecular weight excluding hydrogens is 308 g/mol. The van der Waals surface area contributed by atoms with E-state index in [2.05, 4.69) is 53.0 Å². The van der Waals surface area contributed by atoms with E-state index in [1.54, 1.807) is 0 Å². The van der Waals surface area contributed by atoms with Crippen molar-refractivity contribution in [3.05, 3.63) is 34.9 Å². The predicted octanol–water partition coefficient (Wildman–Crippen LogP) is 5.81. The summed E-state index contributed by atoms with van der Waals surface area (Å²) >= 11 is 0. The molecule has 0 aromatic heterocycles. The van der Waals surface area contributed by atoms with Gasteiger partial charge in [0.2, 0.25) is 0 Å². The van der Waals surface area contributed by atoms with Crippen LogP contribution in [0.5, 0.6) is 0 Å². The lowest BCUT2D eigenvalue weighted by Crippen LogP contribution is -2.43. The van der Waals surface area contributed by atoms with E-state index in [0.29, 0.717) is 6.07 Å². The number of benzene rings is 1. The van der Waals surface area contributed by atoms with E-state index in [4.69, 9.17) is 0 Å². The molecule has 0 aliphatic heterocycles. The van der Waals surface area contributed by atoms with Crippen molar-refractivity contribution in [1.82, 2.24) is 0 Å². The van der Waals surface area contributed by atoms with Gasteiger partial charge in [-0.05, 0) is 16.6 Å². The molecule has 0 spiro atoms. The topological polar surface area (TPSA) is 0 Å². The van der Waals surface area contributed by atoms with Crippen LogP contribution < -0.4 is 0 Å². The van der Waals surface area contributed by atoms with Crippen LogP contribution in [0, 0.1) is 34.7 Å². The number of hydrogen-bond acceptors (Lipinski definition) is 0. The third-order valence-corrected chi connectivity index (χ3v) is 10.7. The highest BCUT2D eigenvalue weighted by atomic mass is 28.3. The van der Waals surface area contributed by atoms with Crippen LogP contribution >= 0.6 is 0 Å². The van der Waals surface area contributed by atoms with Crippen molar-refractivity contribution in [1.29, 1.82) is 0 Å². The molecule has 1 aromatic rings. The predicted molar refractivity (Wildman–Crippen MR) is 84.2 cm³/mol. The molecule has 0 fully saturated rings. The van der Waals surface area contributed by atoms with Crippen LogP contribution in [0.15, 0.2) is 6.07 Å². The van der Waals surface area contributed by atoms with Gasteiger partial charge >= 0.3 is 0 Å². The van der Waals surface area contributed by atoms with Crippen molar-refractivity contribution in [3.8, 4) is 11.5 Å². The van der Waals surface area contributed by atoms with Crippen molar-refractivity contribution in [2.45, 2.75) is 58.2 Å². The summed E-state index contributed by atoms with van der Waals surface area (Å²) in [5.74, 6) is -3.45. The third kappa shape index (κ3) is 3.22. The summed E-state index contributed by atoms with van der Waals surface area (Å²) in [5, 5.41) is 0. The van der Waals surface area contributed by atoms with Crippen molar-refractivity contribution < 1.29 is 17.6 Å². The molecule has 0 aliphatic rings. The van der Waals surface area contributed by atoms with Gasteiger partial charge in [0.25, 0.3) is 0 Å². The molecule has 0 N–H and O–H groups in total. The Labute approximate surface area is 130 Å².